The fourth-order valence-electron chi connectivity index (χ4n) is 3.73. The molecule has 4 nitrogen and oxygen atoms in total. The number of nitrogen functional groups attached to an aromatic ring is 1. The molecule has 0 aliphatic heterocycles. The summed E-state index contributed by atoms with van der Waals surface area (Å²) >= 11 is 0. The van der Waals surface area contributed by atoms with E-state index in [4.69, 9.17) is 5.73 Å². The maximum atomic E-state index is 12.8. The van der Waals surface area contributed by atoms with E-state index in [1.807, 2.05) is 18.2 Å². The quantitative estimate of drug-likeness (QED) is 0.669. The van der Waals surface area contributed by atoms with Gasteiger partial charge in [0.1, 0.15) is 5.75 Å². The highest BCUT2D eigenvalue weighted by atomic mass is 16.3. The van der Waals surface area contributed by atoms with Crippen LogP contribution in [0.3, 0.4) is 0 Å². The van der Waals surface area contributed by atoms with Crippen molar-refractivity contribution in [3.05, 3.63) is 59.7 Å². The van der Waals surface area contributed by atoms with Crippen molar-refractivity contribution in [3.8, 4) is 5.75 Å². The van der Waals surface area contributed by atoms with E-state index >= 15 is 0 Å². The summed E-state index contributed by atoms with van der Waals surface area (Å²) in [6, 6.07) is 14.8. The van der Waals surface area contributed by atoms with Crippen LogP contribution in [0.5, 0.6) is 5.75 Å². The molecule has 1 saturated carbocycles. The lowest BCUT2D eigenvalue weighted by Crippen LogP contribution is -2.37. The van der Waals surface area contributed by atoms with Crippen LogP contribution >= 0.6 is 0 Å². The molecule has 3 rings (SSSR count). The first kappa shape index (κ1) is 16.4. The van der Waals surface area contributed by atoms with Crippen LogP contribution < -0.4 is 5.73 Å². The number of phenols is 1. The van der Waals surface area contributed by atoms with Crippen LogP contribution in [0.2, 0.25) is 0 Å². The van der Waals surface area contributed by atoms with Crippen molar-refractivity contribution in [2.45, 2.75) is 25.7 Å². The van der Waals surface area contributed by atoms with Gasteiger partial charge in [0.25, 0.3) is 5.91 Å². The van der Waals surface area contributed by atoms with Crippen molar-refractivity contribution in [2.75, 3.05) is 19.3 Å². The van der Waals surface area contributed by atoms with E-state index in [0.717, 1.165) is 6.42 Å². The number of carbonyl (C=O) groups is 1. The standard InChI is InChI=1S/C20H24N2O2/c1-19(2)12-20(19,14-7-5-4-6-8-14)13-22(3)18(24)16-11-15(23)9-10-17(16)21/h4-11,23H,12-13,21H2,1-3H3. The molecule has 1 amide bonds. The molecule has 0 heterocycles. The number of hydrogen-bond acceptors (Lipinski definition) is 3. The Balaban J connectivity index is 1.87. The Hall–Kier alpha value is -2.49. The Kier molecular flexibility index (Phi) is 3.78. The monoisotopic (exact) mass is 324 g/mol. The second-order valence-electron chi connectivity index (χ2n) is 7.44. The highest BCUT2D eigenvalue weighted by Crippen LogP contribution is 2.64. The minimum Gasteiger partial charge on any atom is -0.508 e. The SMILES string of the molecule is CN(CC1(c2ccccc2)CC1(C)C)C(=O)c1cc(O)ccc1N. The lowest BCUT2D eigenvalue weighted by atomic mass is 9.87. The average Bonchev–Trinajstić information content (AvgIpc) is 3.11. The van der Waals surface area contributed by atoms with Gasteiger partial charge in [0.2, 0.25) is 0 Å². The van der Waals surface area contributed by atoms with Crippen LogP contribution in [0.25, 0.3) is 0 Å². The zero-order chi connectivity index (χ0) is 17.5. The van der Waals surface area contributed by atoms with Crippen LogP contribution in [0, 0.1) is 5.41 Å². The molecular weight excluding hydrogens is 300 g/mol. The molecule has 2 aromatic carbocycles. The van der Waals surface area contributed by atoms with E-state index in [1.165, 1.54) is 17.7 Å². The summed E-state index contributed by atoms with van der Waals surface area (Å²) < 4.78 is 0. The van der Waals surface area contributed by atoms with Gasteiger partial charge in [-0.1, -0.05) is 44.2 Å². The highest BCUT2D eigenvalue weighted by Gasteiger charge is 2.62. The number of anilines is 1. The third-order valence-electron chi connectivity index (χ3n) is 5.36. The number of likely N-dealkylation sites (N-methyl/N-ethyl adjacent to an activating group) is 1. The minimum absolute atomic E-state index is 0.0374. The topological polar surface area (TPSA) is 66.6 Å². The molecule has 4 heteroatoms. The largest absolute Gasteiger partial charge is 0.508 e. The van der Waals surface area contributed by atoms with Gasteiger partial charge in [-0.3, -0.25) is 4.79 Å². The summed E-state index contributed by atoms with van der Waals surface area (Å²) in [6.07, 6.45) is 1.04. The number of rotatable bonds is 4. The van der Waals surface area contributed by atoms with Crippen molar-refractivity contribution < 1.29 is 9.90 Å². The van der Waals surface area contributed by atoms with Crippen LogP contribution in [0.1, 0.15) is 36.2 Å². The number of aromatic hydroxyl groups is 1. The van der Waals surface area contributed by atoms with Gasteiger partial charge < -0.3 is 15.7 Å². The Morgan fingerprint density at radius 3 is 2.42 bits per heavy atom. The Bertz CT molecular complexity index is 770. The lowest BCUT2D eigenvalue weighted by Gasteiger charge is -2.28. The molecule has 1 aliphatic carbocycles. The molecule has 126 valence electrons. The fraction of sp³-hybridized carbons (Fsp3) is 0.350. The van der Waals surface area contributed by atoms with E-state index in [-0.39, 0.29) is 22.5 Å². The van der Waals surface area contributed by atoms with Gasteiger partial charge in [0, 0.05) is 24.7 Å². The second kappa shape index (κ2) is 5.55. The molecule has 3 N–H and O–H groups in total. The van der Waals surface area contributed by atoms with E-state index in [0.29, 0.717) is 17.8 Å². The van der Waals surface area contributed by atoms with E-state index in [2.05, 4.69) is 26.0 Å². The smallest absolute Gasteiger partial charge is 0.255 e. The molecule has 0 radical (unpaired) electrons. The van der Waals surface area contributed by atoms with Gasteiger partial charge in [-0.05, 0) is 35.6 Å². The first-order valence-electron chi connectivity index (χ1n) is 8.16. The summed E-state index contributed by atoms with van der Waals surface area (Å²) in [5.74, 6) is -0.119. The molecular formula is C20H24N2O2. The number of hydrogen-bond donors (Lipinski definition) is 2. The molecule has 0 bridgehead atoms. The number of carbonyl (C=O) groups excluding carboxylic acids is 1. The first-order valence-corrected chi connectivity index (χ1v) is 8.16. The Labute approximate surface area is 142 Å². The summed E-state index contributed by atoms with van der Waals surface area (Å²) in [6.45, 7) is 5.10. The second-order valence-corrected chi connectivity index (χ2v) is 7.44. The number of nitrogens with zero attached hydrogens (tertiary/aromatic N) is 1. The molecule has 1 fully saturated rings. The zero-order valence-corrected chi connectivity index (χ0v) is 14.4. The number of phenolic OH excluding ortho intramolecular Hbond substituents is 1. The first-order chi connectivity index (χ1) is 11.3. The normalized spacial score (nSPS) is 21.3. The molecule has 1 atom stereocenters. The molecule has 0 aromatic heterocycles. The molecule has 1 aliphatic rings. The van der Waals surface area contributed by atoms with E-state index < -0.39 is 0 Å². The van der Waals surface area contributed by atoms with Crippen LogP contribution in [-0.4, -0.2) is 29.5 Å². The molecule has 1 unspecified atom stereocenters. The third kappa shape index (κ3) is 2.62. The van der Waals surface area contributed by atoms with Crippen LogP contribution in [0.15, 0.2) is 48.5 Å². The number of nitrogens with two attached hydrogens (primary N) is 1. The van der Waals surface area contributed by atoms with E-state index in [9.17, 15) is 9.90 Å². The van der Waals surface area contributed by atoms with Gasteiger partial charge in [-0.2, -0.15) is 0 Å². The molecule has 0 spiro atoms. The van der Waals surface area contributed by atoms with E-state index in [1.54, 1.807) is 18.0 Å². The van der Waals surface area contributed by atoms with Gasteiger partial charge in [-0.15, -0.1) is 0 Å². The predicted molar refractivity (Wildman–Crippen MR) is 96.0 cm³/mol. The van der Waals surface area contributed by atoms with Crippen molar-refractivity contribution >= 4 is 11.6 Å². The van der Waals surface area contributed by atoms with Gasteiger partial charge in [0.15, 0.2) is 0 Å². The number of benzene rings is 2. The molecule has 2 aromatic rings. The molecule has 24 heavy (non-hydrogen) atoms. The summed E-state index contributed by atoms with van der Waals surface area (Å²) in [5, 5.41) is 9.65. The minimum atomic E-state index is -0.165. The van der Waals surface area contributed by atoms with Crippen molar-refractivity contribution in [2.24, 2.45) is 5.41 Å². The van der Waals surface area contributed by atoms with Crippen LogP contribution in [-0.2, 0) is 5.41 Å². The predicted octanol–water partition coefficient (Wildman–Crippen LogP) is 3.41. The van der Waals surface area contributed by atoms with Gasteiger partial charge in [-0.25, -0.2) is 0 Å². The lowest BCUT2D eigenvalue weighted by molar-refractivity contribution is 0.0775. The third-order valence-corrected chi connectivity index (χ3v) is 5.36. The van der Waals surface area contributed by atoms with Crippen molar-refractivity contribution in [1.82, 2.24) is 4.90 Å². The Morgan fingerprint density at radius 1 is 1.21 bits per heavy atom. The Morgan fingerprint density at radius 2 is 1.83 bits per heavy atom. The van der Waals surface area contributed by atoms with Crippen molar-refractivity contribution in [1.29, 1.82) is 0 Å². The highest BCUT2D eigenvalue weighted by molar-refractivity contribution is 5.99. The molecule has 0 saturated heterocycles. The summed E-state index contributed by atoms with van der Waals surface area (Å²) in [7, 11) is 1.80. The number of amides is 1. The fourth-order valence-corrected chi connectivity index (χ4v) is 3.73. The average molecular weight is 324 g/mol. The maximum Gasteiger partial charge on any atom is 0.255 e. The summed E-state index contributed by atoms with van der Waals surface area (Å²) in [4.78, 5) is 14.5. The maximum absolute atomic E-state index is 12.8. The van der Waals surface area contributed by atoms with Crippen LogP contribution in [0.4, 0.5) is 5.69 Å². The zero-order valence-electron chi connectivity index (χ0n) is 14.4. The van der Waals surface area contributed by atoms with Gasteiger partial charge in [0.05, 0.1) is 5.56 Å². The summed E-state index contributed by atoms with van der Waals surface area (Å²) in [5.41, 5.74) is 8.01. The van der Waals surface area contributed by atoms with Gasteiger partial charge >= 0.3 is 0 Å². The van der Waals surface area contributed by atoms with Crippen molar-refractivity contribution in [3.63, 3.8) is 0 Å².